The van der Waals surface area contributed by atoms with Gasteiger partial charge in [-0.3, -0.25) is 4.79 Å². The number of aliphatic hydroxyl groups is 1. The molecule has 1 atom stereocenters. The summed E-state index contributed by atoms with van der Waals surface area (Å²) >= 11 is 11.5. The van der Waals surface area contributed by atoms with Crippen LogP contribution in [0.2, 0.25) is 10.0 Å². The molecular weight excluding hydrogens is 223 g/mol. The Kier molecular flexibility index (Phi) is 3.93. The van der Waals surface area contributed by atoms with Crippen molar-refractivity contribution in [1.29, 1.82) is 0 Å². The number of carbonyl (C=O) groups excluding carboxylic acids is 1. The first-order chi connectivity index (χ1) is 6.56. The van der Waals surface area contributed by atoms with Gasteiger partial charge in [0.15, 0.2) is 5.78 Å². The number of ketones is 1. The third kappa shape index (κ3) is 2.47. The molecule has 1 rings (SSSR count). The Hall–Kier alpha value is -0.570. The number of rotatable bonds is 3. The molecule has 1 N–H and O–H groups in total. The van der Waals surface area contributed by atoms with Crippen LogP contribution in [0.25, 0.3) is 0 Å². The first-order valence-corrected chi connectivity index (χ1v) is 4.92. The lowest BCUT2D eigenvalue weighted by Gasteiger charge is -2.07. The first-order valence-electron chi connectivity index (χ1n) is 4.16. The minimum Gasteiger partial charge on any atom is -0.396 e. The predicted molar refractivity (Wildman–Crippen MR) is 57.0 cm³/mol. The van der Waals surface area contributed by atoms with E-state index in [4.69, 9.17) is 28.3 Å². The summed E-state index contributed by atoms with van der Waals surface area (Å²) in [4.78, 5) is 11.6. The Bertz CT molecular complexity index is 350. The van der Waals surface area contributed by atoms with Gasteiger partial charge < -0.3 is 5.11 Å². The molecule has 4 heteroatoms. The number of benzene rings is 1. The zero-order valence-electron chi connectivity index (χ0n) is 7.63. The smallest absolute Gasteiger partial charge is 0.168 e. The molecule has 14 heavy (non-hydrogen) atoms. The standard InChI is InChI=1S/C10H10Cl2O2/c1-6(5-13)10(14)7-2-3-8(11)9(12)4-7/h2-4,6,13H,5H2,1H3. The molecule has 0 fully saturated rings. The molecule has 0 heterocycles. The summed E-state index contributed by atoms with van der Waals surface area (Å²) in [6.45, 7) is 1.49. The van der Waals surface area contributed by atoms with Gasteiger partial charge in [0.05, 0.1) is 16.7 Å². The maximum absolute atomic E-state index is 11.6. The van der Waals surface area contributed by atoms with Gasteiger partial charge in [-0.2, -0.15) is 0 Å². The van der Waals surface area contributed by atoms with E-state index < -0.39 is 5.92 Å². The summed E-state index contributed by atoms with van der Waals surface area (Å²) in [6, 6.07) is 4.68. The summed E-state index contributed by atoms with van der Waals surface area (Å²) in [5.41, 5.74) is 0.473. The summed E-state index contributed by atoms with van der Waals surface area (Å²) in [7, 11) is 0. The SMILES string of the molecule is CC(CO)C(=O)c1ccc(Cl)c(Cl)c1. The molecule has 0 bridgehead atoms. The van der Waals surface area contributed by atoms with E-state index in [1.807, 2.05) is 0 Å². The molecule has 0 aromatic heterocycles. The van der Waals surface area contributed by atoms with Gasteiger partial charge >= 0.3 is 0 Å². The number of aliphatic hydroxyl groups excluding tert-OH is 1. The maximum Gasteiger partial charge on any atom is 0.168 e. The molecule has 2 nitrogen and oxygen atoms in total. The van der Waals surface area contributed by atoms with Crippen molar-refractivity contribution in [1.82, 2.24) is 0 Å². The molecule has 0 saturated carbocycles. The van der Waals surface area contributed by atoms with Crippen LogP contribution in [0, 0.1) is 5.92 Å². The van der Waals surface area contributed by atoms with E-state index in [1.165, 1.54) is 6.07 Å². The minimum absolute atomic E-state index is 0.133. The Balaban J connectivity index is 2.97. The summed E-state index contributed by atoms with van der Waals surface area (Å²) in [6.07, 6.45) is 0. The van der Waals surface area contributed by atoms with Crippen molar-refractivity contribution < 1.29 is 9.90 Å². The van der Waals surface area contributed by atoms with E-state index in [9.17, 15) is 4.79 Å². The molecule has 0 saturated heterocycles. The van der Waals surface area contributed by atoms with Crippen LogP contribution in [0.3, 0.4) is 0 Å². The van der Waals surface area contributed by atoms with Crippen LogP contribution in [0.5, 0.6) is 0 Å². The van der Waals surface area contributed by atoms with Crippen LogP contribution in [0.15, 0.2) is 18.2 Å². The van der Waals surface area contributed by atoms with Crippen molar-refractivity contribution in [3.05, 3.63) is 33.8 Å². The van der Waals surface area contributed by atoms with Gasteiger partial charge in [-0.05, 0) is 18.2 Å². The highest BCUT2D eigenvalue weighted by Crippen LogP contribution is 2.23. The number of halogens is 2. The van der Waals surface area contributed by atoms with Crippen molar-refractivity contribution in [2.75, 3.05) is 6.61 Å². The lowest BCUT2D eigenvalue weighted by Crippen LogP contribution is -2.14. The van der Waals surface area contributed by atoms with E-state index in [-0.39, 0.29) is 12.4 Å². The Morgan fingerprint density at radius 2 is 2.07 bits per heavy atom. The number of Topliss-reactive ketones (excluding diaryl/α,β-unsaturated/α-hetero) is 1. The fourth-order valence-corrected chi connectivity index (χ4v) is 1.31. The zero-order chi connectivity index (χ0) is 10.7. The third-order valence-corrected chi connectivity index (χ3v) is 2.66. The van der Waals surface area contributed by atoms with Crippen LogP contribution in [-0.4, -0.2) is 17.5 Å². The molecule has 0 aliphatic rings. The zero-order valence-corrected chi connectivity index (χ0v) is 9.14. The molecule has 76 valence electrons. The van der Waals surface area contributed by atoms with Crippen LogP contribution < -0.4 is 0 Å². The van der Waals surface area contributed by atoms with Gasteiger partial charge in [-0.25, -0.2) is 0 Å². The van der Waals surface area contributed by atoms with Crippen LogP contribution >= 0.6 is 23.2 Å². The lowest BCUT2D eigenvalue weighted by atomic mass is 10.0. The Morgan fingerprint density at radius 3 is 2.57 bits per heavy atom. The summed E-state index contributed by atoms with van der Waals surface area (Å²) in [5.74, 6) is -0.543. The normalized spacial score (nSPS) is 12.6. The lowest BCUT2D eigenvalue weighted by molar-refractivity contribution is 0.0877. The van der Waals surface area contributed by atoms with Crippen LogP contribution in [-0.2, 0) is 0 Å². The molecular formula is C10H10Cl2O2. The highest BCUT2D eigenvalue weighted by molar-refractivity contribution is 6.42. The van der Waals surface area contributed by atoms with Crippen molar-refractivity contribution in [3.63, 3.8) is 0 Å². The van der Waals surface area contributed by atoms with Crippen LogP contribution in [0.1, 0.15) is 17.3 Å². The molecule has 1 aromatic carbocycles. The molecule has 1 aromatic rings. The van der Waals surface area contributed by atoms with Crippen molar-refractivity contribution in [2.45, 2.75) is 6.92 Å². The molecule has 0 aliphatic heterocycles. The topological polar surface area (TPSA) is 37.3 Å². The minimum atomic E-state index is -0.410. The average molecular weight is 233 g/mol. The van der Waals surface area contributed by atoms with E-state index in [1.54, 1.807) is 19.1 Å². The van der Waals surface area contributed by atoms with Gasteiger partial charge in [0.25, 0.3) is 0 Å². The van der Waals surface area contributed by atoms with Gasteiger partial charge in [-0.1, -0.05) is 30.1 Å². The first kappa shape index (κ1) is 11.5. The fourth-order valence-electron chi connectivity index (χ4n) is 1.02. The molecule has 0 amide bonds. The van der Waals surface area contributed by atoms with E-state index >= 15 is 0 Å². The van der Waals surface area contributed by atoms with E-state index in [2.05, 4.69) is 0 Å². The molecule has 0 aliphatic carbocycles. The average Bonchev–Trinajstić information content (AvgIpc) is 2.20. The number of carbonyl (C=O) groups is 1. The largest absolute Gasteiger partial charge is 0.396 e. The van der Waals surface area contributed by atoms with Crippen molar-refractivity contribution in [3.8, 4) is 0 Å². The highest BCUT2D eigenvalue weighted by Gasteiger charge is 2.14. The van der Waals surface area contributed by atoms with Crippen molar-refractivity contribution in [2.24, 2.45) is 5.92 Å². The Morgan fingerprint density at radius 1 is 1.43 bits per heavy atom. The predicted octanol–water partition coefficient (Wildman–Crippen LogP) is 2.80. The van der Waals surface area contributed by atoms with E-state index in [0.29, 0.717) is 15.6 Å². The maximum atomic E-state index is 11.6. The highest BCUT2D eigenvalue weighted by atomic mass is 35.5. The van der Waals surface area contributed by atoms with Gasteiger partial charge in [0.1, 0.15) is 0 Å². The number of hydrogen-bond donors (Lipinski definition) is 1. The monoisotopic (exact) mass is 232 g/mol. The second kappa shape index (κ2) is 4.78. The fraction of sp³-hybridized carbons (Fsp3) is 0.300. The van der Waals surface area contributed by atoms with Gasteiger partial charge in [0.2, 0.25) is 0 Å². The second-order valence-electron chi connectivity index (χ2n) is 3.08. The van der Waals surface area contributed by atoms with E-state index in [0.717, 1.165) is 0 Å². The summed E-state index contributed by atoms with van der Waals surface area (Å²) in [5, 5.41) is 9.58. The summed E-state index contributed by atoms with van der Waals surface area (Å²) < 4.78 is 0. The Labute approximate surface area is 92.5 Å². The third-order valence-electron chi connectivity index (χ3n) is 1.93. The van der Waals surface area contributed by atoms with Crippen molar-refractivity contribution >= 4 is 29.0 Å². The number of hydrogen-bond acceptors (Lipinski definition) is 2. The second-order valence-corrected chi connectivity index (χ2v) is 3.89. The quantitative estimate of drug-likeness (QED) is 0.815. The molecule has 1 unspecified atom stereocenters. The molecule has 0 radical (unpaired) electrons. The van der Waals surface area contributed by atoms with Crippen LogP contribution in [0.4, 0.5) is 0 Å². The molecule has 0 spiro atoms. The van der Waals surface area contributed by atoms with Gasteiger partial charge in [-0.15, -0.1) is 0 Å². The van der Waals surface area contributed by atoms with Gasteiger partial charge in [0, 0.05) is 11.5 Å².